The van der Waals surface area contributed by atoms with E-state index in [-0.39, 0.29) is 19.8 Å². The van der Waals surface area contributed by atoms with Crippen molar-refractivity contribution in [1.82, 2.24) is 0 Å². The Bertz CT molecular complexity index is 569. The van der Waals surface area contributed by atoms with E-state index in [1.165, 1.54) is 0 Å². The molecule has 4 N–H and O–H groups in total. The Morgan fingerprint density at radius 1 is 0.955 bits per heavy atom. The van der Waals surface area contributed by atoms with Crippen LogP contribution in [-0.4, -0.2) is 60.9 Å². The molecular weight excluding hydrogens is 282 g/mol. The Morgan fingerprint density at radius 3 is 2.32 bits per heavy atom. The van der Waals surface area contributed by atoms with Crippen LogP contribution in [0.25, 0.3) is 10.8 Å². The number of benzene rings is 2. The Morgan fingerprint density at radius 2 is 1.64 bits per heavy atom. The highest BCUT2D eigenvalue weighted by Crippen LogP contribution is 2.20. The summed E-state index contributed by atoms with van der Waals surface area (Å²) >= 11 is 0. The van der Waals surface area contributed by atoms with Gasteiger partial charge in [0, 0.05) is 0 Å². The zero-order chi connectivity index (χ0) is 15.8. The molecule has 0 spiro atoms. The highest BCUT2D eigenvalue weighted by Gasteiger charge is 2.15. The molecule has 0 saturated heterocycles. The Hall–Kier alpha value is -1.66. The molecule has 2 aromatic rings. The van der Waals surface area contributed by atoms with E-state index in [9.17, 15) is 5.11 Å². The van der Waals surface area contributed by atoms with Crippen LogP contribution >= 0.6 is 0 Å². The number of nitrogens with one attached hydrogen (secondary N) is 1. The predicted molar refractivity (Wildman–Crippen MR) is 85.2 cm³/mol. The summed E-state index contributed by atoms with van der Waals surface area (Å²) < 4.78 is 5.64. The van der Waals surface area contributed by atoms with Gasteiger partial charge < -0.3 is 25.0 Å². The fourth-order valence-electron chi connectivity index (χ4n) is 2.49. The lowest BCUT2D eigenvalue weighted by molar-refractivity contribution is -0.903. The van der Waals surface area contributed by atoms with E-state index in [1.54, 1.807) is 0 Å². The number of ether oxygens (including phenoxy) is 1. The molecule has 2 aromatic carbocycles. The standard InChI is InChI=1S/C17H23NO4/c19-9-7-18(8-10-20)12-16(21)13-22-17-6-5-14-3-1-2-4-15(14)11-17/h1-6,11,16,19-21H,7-10,12-13H2/p+1/t16-/m1/s1. The number of hydrogen-bond acceptors (Lipinski definition) is 4. The summed E-state index contributed by atoms with van der Waals surface area (Å²) in [5, 5.41) is 30.2. The van der Waals surface area contributed by atoms with Crippen LogP contribution in [0.15, 0.2) is 42.5 Å². The Balaban J connectivity index is 1.87. The maximum atomic E-state index is 10.0. The van der Waals surface area contributed by atoms with Crippen LogP contribution in [-0.2, 0) is 0 Å². The number of aliphatic hydroxyl groups excluding tert-OH is 3. The van der Waals surface area contributed by atoms with Crippen LogP contribution in [0.2, 0.25) is 0 Å². The van der Waals surface area contributed by atoms with Gasteiger partial charge >= 0.3 is 0 Å². The van der Waals surface area contributed by atoms with Crippen molar-refractivity contribution in [3.63, 3.8) is 0 Å². The van der Waals surface area contributed by atoms with Gasteiger partial charge in [-0.2, -0.15) is 0 Å². The second-order valence-electron chi connectivity index (χ2n) is 5.38. The van der Waals surface area contributed by atoms with Crippen molar-refractivity contribution in [2.45, 2.75) is 6.10 Å². The molecule has 22 heavy (non-hydrogen) atoms. The maximum absolute atomic E-state index is 10.0. The smallest absolute Gasteiger partial charge is 0.137 e. The first kappa shape index (κ1) is 16.7. The summed E-state index contributed by atoms with van der Waals surface area (Å²) in [6.07, 6.45) is -0.639. The monoisotopic (exact) mass is 306 g/mol. The molecule has 0 aliphatic carbocycles. The van der Waals surface area contributed by atoms with E-state index in [0.29, 0.717) is 19.6 Å². The SMILES string of the molecule is OCC[NH+](CCO)C[C@@H](O)COc1ccc2ccccc2c1. The number of quaternary nitrogens is 1. The normalized spacial score (nSPS) is 12.7. The Kier molecular flexibility index (Phi) is 6.61. The molecule has 5 nitrogen and oxygen atoms in total. The topological polar surface area (TPSA) is 74.4 Å². The molecule has 0 unspecified atom stereocenters. The minimum absolute atomic E-state index is 0.0353. The molecule has 0 aliphatic rings. The highest BCUT2D eigenvalue weighted by molar-refractivity contribution is 5.83. The number of fused-ring (bicyclic) bond motifs is 1. The first-order valence-corrected chi connectivity index (χ1v) is 7.58. The van der Waals surface area contributed by atoms with Crippen LogP contribution in [0.3, 0.4) is 0 Å². The molecule has 2 rings (SSSR count). The van der Waals surface area contributed by atoms with E-state index in [4.69, 9.17) is 14.9 Å². The molecule has 5 heteroatoms. The van der Waals surface area contributed by atoms with Crippen LogP contribution < -0.4 is 9.64 Å². The van der Waals surface area contributed by atoms with E-state index in [2.05, 4.69) is 0 Å². The van der Waals surface area contributed by atoms with E-state index in [1.807, 2.05) is 42.5 Å². The van der Waals surface area contributed by atoms with Crippen molar-refractivity contribution < 1.29 is 25.0 Å². The second-order valence-corrected chi connectivity index (χ2v) is 5.38. The van der Waals surface area contributed by atoms with Gasteiger partial charge in [-0.3, -0.25) is 0 Å². The van der Waals surface area contributed by atoms with Gasteiger partial charge in [-0.15, -0.1) is 0 Å². The van der Waals surface area contributed by atoms with Crippen LogP contribution in [0.4, 0.5) is 0 Å². The lowest BCUT2D eigenvalue weighted by atomic mass is 10.1. The number of aliphatic hydroxyl groups is 3. The van der Waals surface area contributed by atoms with Gasteiger partial charge in [-0.05, 0) is 22.9 Å². The fraction of sp³-hybridized carbons (Fsp3) is 0.412. The fourth-order valence-corrected chi connectivity index (χ4v) is 2.49. The predicted octanol–water partition coefficient (Wildman–Crippen LogP) is -0.551. The van der Waals surface area contributed by atoms with E-state index < -0.39 is 6.10 Å². The van der Waals surface area contributed by atoms with Crippen molar-refractivity contribution in [2.75, 3.05) is 39.5 Å². The molecular formula is C17H24NO4+. The third kappa shape index (κ3) is 4.96. The summed E-state index contributed by atoms with van der Waals surface area (Å²) in [5.41, 5.74) is 0. The van der Waals surface area contributed by atoms with Gasteiger partial charge in [0.25, 0.3) is 0 Å². The summed E-state index contributed by atoms with van der Waals surface area (Å²) in [6.45, 7) is 1.72. The van der Waals surface area contributed by atoms with Crippen molar-refractivity contribution in [1.29, 1.82) is 0 Å². The lowest BCUT2D eigenvalue weighted by Gasteiger charge is -2.21. The first-order valence-electron chi connectivity index (χ1n) is 7.58. The van der Waals surface area contributed by atoms with Crippen molar-refractivity contribution in [3.8, 4) is 5.75 Å². The summed E-state index contributed by atoms with van der Waals surface area (Å²) in [5.74, 6) is 0.726. The van der Waals surface area contributed by atoms with Gasteiger partial charge in [0.15, 0.2) is 0 Å². The van der Waals surface area contributed by atoms with Crippen molar-refractivity contribution >= 4 is 10.8 Å². The zero-order valence-electron chi connectivity index (χ0n) is 12.6. The molecule has 120 valence electrons. The minimum Gasteiger partial charge on any atom is -0.491 e. The zero-order valence-corrected chi connectivity index (χ0v) is 12.6. The molecule has 0 aliphatic heterocycles. The van der Waals surface area contributed by atoms with Gasteiger partial charge in [-0.1, -0.05) is 30.3 Å². The number of hydrogen-bond donors (Lipinski definition) is 4. The molecule has 0 aromatic heterocycles. The summed E-state index contributed by atoms with van der Waals surface area (Å²) in [4.78, 5) is 0.958. The molecule has 0 amide bonds. The number of rotatable bonds is 9. The average molecular weight is 306 g/mol. The molecule has 1 atom stereocenters. The van der Waals surface area contributed by atoms with Crippen LogP contribution in [0.5, 0.6) is 5.75 Å². The van der Waals surface area contributed by atoms with Gasteiger partial charge in [0.05, 0.1) is 13.2 Å². The largest absolute Gasteiger partial charge is 0.491 e. The van der Waals surface area contributed by atoms with Gasteiger partial charge in [-0.25, -0.2) is 0 Å². The summed E-state index contributed by atoms with van der Waals surface area (Å²) in [6, 6.07) is 13.9. The maximum Gasteiger partial charge on any atom is 0.137 e. The third-order valence-electron chi connectivity index (χ3n) is 3.62. The van der Waals surface area contributed by atoms with E-state index >= 15 is 0 Å². The molecule has 0 bridgehead atoms. The van der Waals surface area contributed by atoms with Gasteiger partial charge in [0.1, 0.15) is 38.1 Å². The quantitative estimate of drug-likeness (QED) is 0.501. The third-order valence-corrected chi connectivity index (χ3v) is 3.62. The summed E-state index contributed by atoms with van der Waals surface area (Å²) in [7, 11) is 0. The minimum atomic E-state index is -0.639. The molecule has 0 radical (unpaired) electrons. The lowest BCUT2D eigenvalue weighted by Crippen LogP contribution is -3.14. The van der Waals surface area contributed by atoms with E-state index in [0.717, 1.165) is 21.4 Å². The molecule has 0 fully saturated rings. The molecule has 0 heterocycles. The van der Waals surface area contributed by atoms with Crippen LogP contribution in [0.1, 0.15) is 0 Å². The molecule has 0 saturated carbocycles. The van der Waals surface area contributed by atoms with Crippen molar-refractivity contribution in [2.24, 2.45) is 0 Å². The van der Waals surface area contributed by atoms with Gasteiger partial charge in [0.2, 0.25) is 0 Å². The highest BCUT2D eigenvalue weighted by atomic mass is 16.5. The first-order chi connectivity index (χ1) is 10.7. The van der Waals surface area contributed by atoms with Crippen molar-refractivity contribution in [3.05, 3.63) is 42.5 Å². The Labute approximate surface area is 130 Å². The average Bonchev–Trinajstić information content (AvgIpc) is 2.53. The second kappa shape index (κ2) is 8.70. The van der Waals surface area contributed by atoms with Crippen LogP contribution in [0, 0.1) is 0 Å².